The van der Waals surface area contributed by atoms with Gasteiger partial charge in [0, 0.05) is 19.0 Å². The van der Waals surface area contributed by atoms with E-state index in [0.717, 1.165) is 12.1 Å². The van der Waals surface area contributed by atoms with Crippen molar-refractivity contribution >= 4 is 11.6 Å². The first-order chi connectivity index (χ1) is 9.62. The molecule has 0 atom stereocenters. The summed E-state index contributed by atoms with van der Waals surface area (Å²) in [4.78, 5) is 8.42. The smallest absolute Gasteiger partial charge is 0.159 e. The van der Waals surface area contributed by atoms with Crippen LogP contribution in [0.4, 0.5) is 20.4 Å². The van der Waals surface area contributed by atoms with Crippen LogP contribution in [0.15, 0.2) is 24.3 Å². The molecule has 0 saturated heterocycles. The summed E-state index contributed by atoms with van der Waals surface area (Å²) >= 11 is 0. The number of anilines is 2. The van der Waals surface area contributed by atoms with Crippen LogP contribution in [0.1, 0.15) is 18.3 Å². The lowest BCUT2D eigenvalue weighted by Gasteiger charge is -2.09. The predicted octanol–water partition coefficient (Wildman–Crippen LogP) is 2.21. The lowest BCUT2D eigenvalue weighted by molar-refractivity contribution is 0.507. The van der Waals surface area contributed by atoms with Crippen LogP contribution in [-0.2, 0) is 13.0 Å². The first-order valence-electron chi connectivity index (χ1n) is 6.14. The lowest BCUT2D eigenvalue weighted by atomic mass is 10.2. The van der Waals surface area contributed by atoms with E-state index in [4.69, 9.17) is 5.84 Å². The molecule has 7 heteroatoms. The van der Waals surface area contributed by atoms with Gasteiger partial charge in [0.25, 0.3) is 0 Å². The molecule has 0 saturated carbocycles. The van der Waals surface area contributed by atoms with Gasteiger partial charge in [0.1, 0.15) is 17.5 Å². The molecule has 4 N–H and O–H groups in total. The van der Waals surface area contributed by atoms with E-state index in [1.165, 1.54) is 6.07 Å². The van der Waals surface area contributed by atoms with Crippen LogP contribution in [0, 0.1) is 11.6 Å². The molecular formula is C13H15F2N5. The Bertz CT molecular complexity index is 581. The van der Waals surface area contributed by atoms with Crippen LogP contribution >= 0.6 is 0 Å². The van der Waals surface area contributed by atoms with Gasteiger partial charge < -0.3 is 10.7 Å². The average Bonchev–Trinajstić information content (AvgIpc) is 2.48. The molecule has 0 unspecified atom stereocenters. The second kappa shape index (κ2) is 6.25. The first kappa shape index (κ1) is 14.1. The molecular weight excluding hydrogens is 264 g/mol. The fourth-order valence-electron chi connectivity index (χ4n) is 1.66. The Labute approximate surface area is 115 Å². The minimum absolute atomic E-state index is 0.321. The molecule has 106 valence electrons. The minimum atomic E-state index is -0.870. The number of nitrogen functional groups attached to an aromatic ring is 1. The Morgan fingerprint density at radius 1 is 1.10 bits per heavy atom. The lowest BCUT2D eigenvalue weighted by Crippen LogP contribution is -2.12. The average molecular weight is 279 g/mol. The summed E-state index contributed by atoms with van der Waals surface area (Å²) in [7, 11) is 0. The zero-order valence-electron chi connectivity index (χ0n) is 11.0. The molecule has 2 aromatic rings. The number of benzene rings is 1. The third kappa shape index (κ3) is 3.39. The predicted molar refractivity (Wildman–Crippen MR) is 72.9 cm³/mol. The maximum atomic E-state index is 13.1. The Kier molecular flexibility index (Phi) is 4.41. The Morgan fingerprint density at radius 3 is 2.50 bits per heavy atom. The van der Waals surface area contributed by atoms with E-state index in [1.54, 1.807) is 6.07 Å². The summed E-state index contributed by atoms with van der Waals surface area (Å²) in [6.07, 6.45) is 0.662. The number of halogens is 2. The number of nitrogens with zero attached hydrogens (tertiary/aromatic N) is 2. The maximum absolute atomic E-state index is 13.1. The number of nitrogens with one attached hydrogen (secondary N) is 2. The Hall–Kier alpha value is -2.28. The Balaban J connectivity index is 2.11. The summed E-state index contributed by atoms with van der Waals surface area (Å²) in [5.74, 6) is 5.28. The molecule has 0 bridgehead atoms. The topological polar surface area (TPSA) is 75.9 Å². The van der Waals surface area contributed by atoms with E-state index in [2.05, 4.69) is 20.7 Å². The summed E-state index contributed by atoms with van der Waals surface area (Å²) in [5, 5.41) is 3.02. The van der Waals surface area contributed by atoms with Gasteiger partial charge in [-0.15, -0.1) is 0 Å². The third-order valence-corrected chi connectivity index (χ3v) is 2.69. The minimum Gasteiger partial charge on any atom is -0.366 e. The molecule has 1 heterocycles. The highest BCUT2D eigenvalue weighted by molar-refractivity contribution is 5.47. The van der Waals surface area contributed by atoms with E-state index in [1.807, 2.05) is 6.92 Å². The van der Waals surface area contributed by atoms with Gasteiger partial charge in [-0.1, -0.05) is 13.0 Å². The zero-order valence-corrected chi connectivity index (χ0v) is 11.0. The third-order valence-electron chi connectivity index (χ3n) is 2.69. The quantitative estimate of drug-likeness (QED) is 0.578. The van der Waals surface area contributed by atoms with Crippen LogP contribution in [0.2, 0.25) is 0 Å². The van der Waals surface area contributed by atoms with Crippen molar-refractivity contribution in [1.82, 2.24) is 9.97 Å². The van der Waals surface area contributed by atoms with E-state index in [-0.39, 0.29) is 0 Å². The molecule has 0 spiro atoms. The Morgan fingerprint density at radius 2 is 1.85 bits per heavy atom. The van der Waals surface area contributed by atoms with Crippen LogP contribution in [0.25, 0.3) is 0 Å². The number of aromatic nitrogens is 2. The van der Waals surface area contributed by atoms with Crippen molar-refractivity contribution in [3.8, 4) is 0 Å². The van der Waals surface area contributed by atoms with Crippen molar-refractivity contribution in [2.75, 3.05) is 10.7 Å². The van der Waals surface area contributed by atoms with Crippen LogP contribution in [-0.4, -0.2) is 9.97 Å². The number of nitrogens with two attached hydrogens (primary N) is 1. The van der Waals surface area contributed by atoms with Crippen LogP contribution in [0.5, 0.6) is 0 Å². The molecule has 0 fully saturated rings. The van der Waals surface area contributed by atoms with E-state index in [9.17, 15) is 8.78 Å². The first-order valence-corrected chi connectivity index (χ1v) is 6.14. The fraction of sp³-hybridized carbons (Fsp3) is 0.231. The summed E-state index contributed by atoms with van der Waals surface area (Å²) in [6, 6.07) is 5.39. The van der Waals surface area contributed by atoms with Crippen LogP contribution < -0.4 is 16.6 Å². The largest absolute Gasteiger partial charge is 0.366 e. The van der Waals surface area contributed by atoms with Crippen molar-refractivity contribution in [1.29, 1.82) is 0 Å². The van der Waals surface area contributed by atoms with E-state index < -0.39 is 11.6 Å². The van der Waals surface area contributed by atoms with Gasteiger partial charge >= 0.3 is 0 Å². The summed E-state index contributed by atoms with van der Waals surface area (Å²) < 4.78 is 25.9. The summed E-state index contributed by atoms with van der Waals surface area (Å²) in [5.41, 5.74) is 3.07. The molecule has 2 rings (SSSR count). The number of aryl methyl sites for hydroxylation is 1. The fourth-order valence-corrected chi connectivity index (χ4v) is 1.66. The van der Waals surface area contributed by atoms with Crippen molar-refractivity contribution in [3.05, 3.63) is 47.3 Å². The monoisotopic (exact) mass is 279 g/mol. The van der Waals surface area contributed by atoms with Crippen molar-refractivity contribution in [3.63, 3.8) is 0 Å². The maximum Gasteiger partial charge on any atom is 0.159 e. The summed E-state index contributed by atoms with van der Waals surface area (Å²) in [6.45, 7) is 2.25. The van der Waals surface area contributed by atoms with E-state index in [0.29, 0.717) is 36.0 Å². The highest BCUT2D eigenvalue weighted by Gasteiger charge is 2.05. The van der Waals surface area contributed by atoms with Gasteiger partial charge in [-0.25, -0.2) is 24.6 Å². The molecule has 0 radical (unpaired) electrons. The van der Waals surface area contributed by atoms with Gasteiger partial charge in [0.2, 0.25) is 0 Å². The molecule has 5 nitrogen and oxygen atoms in total. The molecule has 1 aromatic heterocycles. The van der Waals surface area contributed by atoms with Gasteiger partial charge in [-0.2, -0.15) is 0 Å². The number of rotatable bonds is 5. The second-order valence-corrected chi connectivity index (χ2v) is 4.15. The molecule has 0 aliphatic heterocycles. The van der Waals surface area contributed by atoms with Gasteiger partial charge in [0.15, 0.2) is 11.6 Å². The van der Waals surface area contributed by atoms with Crippen molar-refractivity contribution in [2.45, 2.75) is 19.9 Å². The number of hydrazine groups is 1. The molecule has 0 amide bonds. The highest BCUT2D eigenvalue weighted by atomic mass is 19.2. The SMILES string of the molecule is CCc1nc(NN)cc(NCc2ccc(F)c(F)c2)n1. The van der Waals surface area contributed by atoms with Crippen molar-refractivity contribution in [2.24, 2.45) is 5.84 Å². The molecule has 0 aliphatic rings. The molecule has 20 heavy (non-hydrogen) atoms. The number of hydrogen-bond acceptors (Lipinski definition) is 5. The van der Waals surface area contributed by atoms with Gasteiger partial charge in [0.05, 0.1) is 0 Å². The normalized spacial score (nSPS) is 10.4. The van der Waals surface area contributed by atoms with Crippen molar-refractivity contribution < 1.29 is 8.78 Å². The second-order valence-electron chi connectivity index (χ2n) is 4.15. The standard InChI is InChI=1S/C13H15F2N5/c1-2-11-18-12(6-13(19-11)20-16)17-7-8-3-4-9(14)10(15)5-8/h3-6H,2,7,16H2,1H3,(H2,17,18,19,20). The van der Waals surface area contributed by atoms with Gasteiger partial charge in [-0.05, 0) is 17.7 Å². The molecule has 0 aliphatic carbocycles. The van der Waals surface area contributed by atoms with Crippen LogP contribution in [0.3, 0.4) is 0 Å². The molecule has 1 aromatic carbocycles. The van der Waals surface area contributed by atoms with Gasteiger partial charge in [-0.3, -0.25) is 0 Å². The highest BCUT2D eigenvalue weighted by Crippen LogP contribution is 2.14. The van der Waals surface area contributed by atoms with E-state index >= 15 is 0 Å². The zero-order chi connectivity index (χ0) is 14.5. The number of hydrogen-bond donors (Lipinski definition) is 3.